The van der Waals surface area contributed by atoms with Gasteiger partial charge in [-0.15, -0.1) is 0 Å². The average Bonchev–Trinajstić information content (AvgIpc) is 3.41. The van der Waals surface area contributed by atoms with Crippen LogP contribution in [0.4, 0.5) is 0 Å². The van der Waals surface area contributed by atoms with Crippen molar-refractivity contribution in [3.8, 4) is 5.75 Å². The van der Waals surface area contributed by atoms with Crippen LogP contribution >= 0.6 is 15.9 Å². The molecule has 3 aromatic rings. The van der Waals surface area contributed by atoms with Crippen LogP contribution in [0.15, 0.2) is 83.3 Å². The molecule has 0 radical (unpaired) electrons. The van der Waals surface area contributed by atoms with Crippen molar-refractivity contribution in [1.29, 1.82) is 0 Å². The Morgan fingerprint density at radius 1 is 0.917 bits per heavy atom. The van der Waals surface area contributed by atoms with Gasteiger partial charge in [0.2, 0.25) is 11.8 Å². The van der Waals surface area contributed by atoms with Gasteiger partial charge in [-0.1, -0.05) is 83.4 Å². The monoisotopic (exact) mass is 548 g/mol. The first-order valence-electron chi connectivity index (χ1n) is 12.5. The molecule has 0 saturated heterocycles. The van der Waals surface area contributed by atoms with Crippen LogP contribution in [0.2, 0.25) is 0 Å². The van der Waals surface area contributed by atoms with Crippen LogP contribution in [0.3, 0.4) is 0 Å². The maximum atomic E-state index is 13.8. The molecule has 0 aliphatic heterocycles. The number of ether oxygens (including phenoxy) is 1. The second kappa shape index (κ2) is 12.7. The summed E-state index contributed by atoms with van der Waals surface area (Å²) in [5, 5.41) is 3.25. The lowest BCUT2D eigenvalue weighted by atomic mass is 10.0. The van der Waals surface area contributed by atoms with E-state index in [9.17, 15) is 9.59 Å². The number of hydrogen-bond acceptors (Lipinski definition) is 3. The summed E-state index contributed by atoms with van der Waals surface area (Å²) < 4.78 is 6.23. The van der Waals surface area contributed by atoms with Crippen molar-refractivity contribution in [2.45, 2.75) is 57.2 Å². The number of carbonyl (C=O) groups excluding carboxylic acids is 2. The smallest absolute Gasteiger partial charge is 0.243 e. The van der Waals surface area contributed by atoms with E-state index >= 15 is 0 Å². The largest absolute Gasteiger partial charge is 0.497 e. The van der Waals surface area contributed by atoms with Crippen molar-refractivity contribution in [3.05, 3.63) is 100 Å². The summed E-state index contributed by atoms with van der Waals surface area (Å²) in [6, 6.07) is 24.9. The van der Waals surface area contributed by atoms with Crippen molar-refractivity contribution in [2.75, 3.05) is 7.11 Å². The van der Waals surface area contributed by atoms with Crippen LogP contribution < -0.4 is 10.1 Å². The van der Waals surface area contributed by atoms with Crippen LogP contribution in [-0.2, 0) is 29.0 Å². The lowest BCUT2D eigenvalue weighted by molar-refractivity contribution is -0.141. The molecule has 1 saturated carbocycles. The molecule has 5 nitrogen and oxygen atoms in total. The van der Waals surface area contributed by atoms with Gasteiger partial charge < -0.3 is 15.0 Å². The Hall–Kier alpha value is -3.12. The zero-order chi connectivity index (χ0) is 25.3. The van der Waals surface area contributed by atoms with Gasteiger partial charge in [0.15, 0.2) is 0 Å². The second-order valence-electron chi connectivity index (χ2n) is 9.37. The molecule has 36 heavy (non-hydrogen) atoms. The zero-order valence-electron chi connectivity index (χ0n) is 20.7. The minimum Gasteiger partial charge on any atom is -0.497 e. The number of halogens is 1. The van der Waals surface area contributed by atoms with Gasteiger partial charge in [-0.25, -0.2) is 0 Å². The van der Waals surface area contributed by atoms with Crippen LogP contribution in [0.5, 0.6) is 5.75 Å². The van der Waals surface area contributed by atoms with Gasteiger partial charge in [-0.2, -0.15) is 0 Å². The average molecular weight is 550 g/mol. The Labute approximate surface area is 222 Å². The molecule has 1 aliphatic rings. The van der Waals surface area contributed by atoms with Crippen molar-refractivity contribution < 1.29 is 14.3 Å². The van der Waals surface area contributed by atoms with Crippen LogP contribution in [0.25, 0.3) is 0 Å². The molecule has 3 aromatic carbocycles. The van der Waals surface area contributed by atoms with Gasteiger partial charge >= 0.3 is 0 Å². The molecule has 0 heterocycles. The number of methoxy groups -OCH3 is 1. The van der Waals surface area contributed by atoms with Gasteiger partial charge in [0.1, 0.15) is 11.8 Å². The molecule has 2 amide bonds. The minimum atomic E-state index is -0.609. The Kier molecular flexibility index (Phi) is 9.17. The molecule has 0 spiro atoms. The van der Waals surface area contributed by atoms with Gasteiger partial charge in [-0.05, 0) is 53.8 Å². The summed E-state index contributed by atoms with van der Waals surface area (Å²) in [5.41, 5.74) is 2.89. The van der Waals surface area contributed by atoms with E-state index in [0.29, 0.717) is 13.0 Å². The summed E-state index contributed by atoms with van der Waals surface area (Å²) in [4.78, 5) is 29.3. The summed E-state index contributed by atoms with van der Waals surface area (Å²) >= 11 is 3.49. The molecule has 1 atom stereocenters. The quantitative estimate of drug-likeness (QED) is 0.353. The highest BCUT2D eigenvalue weighted by Crippen LogP contribution is 2.22. The van der Waals surface area contributed by atoms with E-state index in [1.54, 1.807) is 12.0 Å². The number of hydrogen-bond donors (Lipinski definition) is 1. The van der Waals surface area contributed by atoms with Crippen molar-refractivity contribution in [2.24, 2.45) is 0 Å². The summed E-state index contributed by atoms with van der Waals surface area (Å²) in [5.74, 6) is 0.590. The van der Waals surface area contributed by atoms with Crippen LogP contribution in [0.1, 0.15) is 42.4 Å². The van der Waals surface area contributed by atoms with Gasteiger partial charge in [0.25, 0.3) is 0 Å². The third-order valence-corrected chi connectivity index (χ3v) is 7.28. The number of benzene rings is 3. The van der Waals surface area contributed by atoms with E-state index in [-0.39, 0.29) is 24.3 Å². The lowest BCUT2D eigenvalue weighted by Crippen LogP contribution is -2.52. The number of carbonyl (C=O) groups is 2. The van der Waals surface area contributed by atoms with Gasteiger partial charge in [0, 0.05) is 23.5 Å². The molecule has 0 aromatic heterocycles. The Morgan fingerprint density at radius 3 is 2.19 bits per heavy atom. The highest BCUT2D eigenvalue weighted by atomic mass is 79.9. The number of nitrogens with one attached hydrogen (secondary N) is 1. The standard InChI is InChI=1S/C30H33BrN2O3/c1-36-27-17-13-23(14-18-27)20-29(34)33(21-24-11-15-25(31)16-12-24)28(19-22-7-3-2-4-8-22)30(35)32-26-9-5-6-10-26/h2-4,7-8,11-18,26,28H,5-6,9-10,19-21H2,1H3,(H,32,35). The number of rotatable bonds is 10. The SMILES string of the molecule is COc1ccc(CC(=O)N(Cc2ccc(Br)cc2)C(Cc2ccccc2)C(=O)NC2CCCC2)cc1. The molecule has 188 valence electrons. The summed E-state index contributed by atoms with van der Waals surface area (Å²) in [6.45, 7) is 0.359. The first kappa shape index (κ1) is 26.0. The van der Waals surface area contributed by atoms with E-state index in [0.717, 1.165) is 52.6 Å². The molecule has 0 bridgehead atoms. The third kappa shape index (κ3) is 7.20. The molecule has 1 N–H and O–H groups in total. The normalized spacial score (nSPS) is 14.3. The highest BCUT2D eigenvalue weighted by molar-refractivity contribution is 9.10. The Bertz CT molecular complexity index is 1130. The van der Waals surface area contributed by atoms with Crippen molar-refractivity contribution >= 4 is 27.7 Å². The highest BCUT2D eigenvalue weighted by Gasteiger charge is 2.32. The third-order valence-electron chi connectivity index (χ3n) is 6.75. The first-order chi connectivity index (χ1) is 17.5. The van der Waals surface area contributed by atoms with Crippen LogP contribution in [-0.4, -0.2) is 35.9 Å². The number of nitrogens with zero attached hydrogens (tertiary/aromatic N) is 1. The fourth-order valence-electron chi connectivity index (χ4n) is 4.73. The summed E-state index contributed by atoms with van der Waals surface area (Å²) in [7, 11) is 1.62. The maximum absolute atomic E-state index is 13.8. The van der Waals surface area contributed by atoms with Crippen LogP contribution in [0, 0.1) is 0 Å². The number of amides is 2. The van der Waals surface area contributed by atoms with Gasteiger partial charge in [0.05, 0.1) is 13.5 Å². The molecule has 6 heteroatoms. The van der Waals surface area contributed by atoms with E-state index in [1.807, 2.05) is 78.9 Å². The molecule has 1 fully saturated rings. The van der Waals surface area contributed by atoms with E-state index in [1.165, 1.54) is 0 Å². The minimum absolute atomic E-state index is 0.0778. The molecule has 1 aliphatic carbocycles. The fourth-order valence-corrected chi connectivity index (χ4v) is 4.99. The summed E-state index contributed by atoms with van der Waals surface area (Å²) in [6.07, 6.45) is 4.93. The molecule has 4 rings (SSSR count). The fraction of sp³-hybridized carbons (Fsp3) is 0.333. The van der Waals surface area contributed by atoms with Crippen molar-refractivity contribution in [1.82, 2.24) is 10.2 Å². The van der Waals surface area contributed by atoms with E-state index in [2.05, 4.69) is 21.2 Å². The Balaban J connectivity index is 1.64. The molecular weight excluding hydrogens is 516 g/mol. The lowest BCUT2D eigenvalue weighted by Gasteiger charge is -2.32. The van der Waals surface area contributed by atoms with Gasteiger partial charge in [-0.3, -0.25) is 9.59 Å². The van der Waals surface area contributed by atoms with E-state index in [4.69, 9.17) is 4.74 Å². The first-order valence-corrected chi connectivity index (χ1v) is 13.3. The predicted octanol–water partition coefficient (Wildman–Crippen LogP) is 5.70. The predicted molar refractivity (Wildman–Crippen MR) is 146 cm³/mol. The zero-order valence-corrected chi connectivity index (χ0v) is 22.2. The molecule has 1 unspecified atom stereocenters. The van der Waals surface area contributed by atoms with E-state index < -0.39 is 6.04 Å². The Morgan fingerprint density at radius 2 is 1.56 bits per heavy atom. The second-order valence-corrected chi connectivity index (χ2v) is 10.3. The van der Waals surface area contributed by atoms with Crippen molar-refractivity contribution in [3.63, 3.8) is 0 Å². The maximum Gasteiger partial charge on any atom is 0.243 e. The topological polar surface area (TPSA) is 58.6 Å². The molecular formula is C30H33BrN2O3.